The van der Waals surface area contributed by atoms with Gasteiger partial charge in [0.2, 0.25) is 0 Å². The summed E-state index contributed by atoms with van der Waals surface area (Å²) < 4.78 is 5.37. The third-order valence-corrected chi connectivity index (χ3v) is 2.07. The van der Waals surface area contributed by atoms with E-state index in [2.05, 4.69) is 4.98 Å². The molecule has 1 fully saturated rings. The van der Waals surface area contributed by atoms with Crippen molar-refractivity contribution in [1.29, 1.82) is 0 Å². The quantitative estimate of drug-likeness (QED) is 0.676. The second kappa shape index (κ2) is 4.05. The lowest BCUT2D eigenvalue weighted by Crippen LogP contribution is -2.12. The lowest BCUT2D eigenvalue weighted by molar-refractivity contribution is -0.121. The average Bonchev–Trinajstić information content (AvgIpc) is 2.19. The third-order valence-electron chi connectivity index (χ3n) is 2.07. The Hall–Kier alpha value is -1.64. The summed E-state index contributed by atoms with van der Waals surface area (Å²) in [5.41, 5.74) is 1.02. The highest BCUT2D eigenvalue weighted by molar-refractivity contribution is 5.82. The van der Waals surface area contributed by atoms with Crippen LogP contribution in [0.4, 0.5) is 0 Å². The van der Waals surface area contributed by atoms with Crippen LogP contribution in [0.2, 0.25) is 0 Å². The van der Waals surface area contributed by atoms with Crippen LogP contribution >= 0.6 is 0 Å². The van der Waals surface area contributed by atoms with Gasteiger partial charge in [0.25, 0.3) is 0 Å². The van der Waals surface area contributed by atoms with Gasteiger partial charge in [-0.15, -0.1) is 0 Å². The summed E-state index contributed by atoms with van der Waals surface area (Å²) in [6.45, 7) is 0.510. The van der Waals surface area contributed by atoms with E-state index in [1.165, 1.54) is 0 Å². The van der Waals surface area contributed by atoms with Crippen LogP contribution in [-0.2, 0) is 9.53 Å². The Balaban J connectivity index is 2.14. The van der Waals surface area contributed by atoms with Gasteiger partial charge in [0.05, 0.1) is 13.0 Å². The Morgan fingerprint density at radius 1 is 1.36 bits per heavy atom. The first-order valence-corrected chi connectivity index (χ1v) is 4.60. The first-order chi connectivity index (χ1) is 6.84. The second-order valence-electron chi connectivity index (χ2n) is 3.21. The number of pyridine rings is 1. The van der Waals surface area contributed by atoms with E-state index < -0.39 is 0 Å². The summed E-state index contributed by atoms with van der Waals surface area (Å²) in [5.74, 6) is 1.00. The molecule has 2 heterocycles. The third kappa shape index (κ3) is 2.19. The predicted octanol–water partition coefficient (Wildman–Crippen LogP) is 1.80. The van der Waals surface area contributed by atoms with Crippen molar-refractivity contribution in [2.24, 2.45) is 0 Å². The summed E-state index contributed by atoms with van der Waals surface area (Å²) >= 11 is 0. The van der Waals surface area contributed by atoms with Gasteiger partial charge in [-0.3, -0.25) is 9.78 Å². The van der Waals surface area contributed by atoms with Gasteiger partial charge in [-0.2, -0.15) is 0 Å². The van der Waals surface area contributed by atoms with E-state index in [4.69, 9.17) is 4.74 Å². The van der Waals surface area contributed by atoms with Crippen LogP contribution in [0.1, 0.15) is 18.4 Å². The first kappa shape index (κ1) is 8.94. The monoisotopic (exact) mass is 189 g/mol. The highest BCUT2D eigenvalue weighted by Crippen LogP contribution is 2.16. The maximum atomic E-state index is 11.1. The summed E-state index contributed by atoms with van der Waals surface area (Å²) in [6.07, 6.45) is 6.28. The molecule has 0 atom stereocenters. The van der Waals surface area contributed by atoms with E-state index in [0.29, 0.717) is 19.4 Å². The molecule has 0 bridgehead atoms. The SMILES string of the molecule is O=C1CCOC(=Cc2ccncc2)C1. The fourth-order valence-electron chi connectivity index (χ4n) is 1.37. The molecule has 0 saturated carbocycles. The van der Waals surface area contributed by atoms with Crippen LogP contribution in [0, 0.1) is 0 Å². The Kier molecular flexibility index (Phi) is 2.58. The molecule has 0 spiro atoms. The zero-order chi connectivity index (χ0) is 9.80. The Morgan fingerprint density at radius 3 is 2.86 bits per heavy atom. The van der Waals surface area contributed by atoms with Gasteiger partial charge < -0.3 is 4.74 Å². The number of carbonyl (C=O) groups is 1. The van der Waals surface area contributed by atoms with E-state index in [-0.39, 0.29) is 5.78 Å². The summed E-state index contributed by atoms with van der Waals surface area (Å²) in [4.78, 5) is 15.0. The zero-order valence-corrected chi connectivity index (χ0v) is 7.77. The van der Waals surface area contributed by atoms with Crippen molar-refractivity contribution >= 4 is 11.9 Å². The molecule has 3 heteroatoms. The molecule has 1 aromatic rings. The van der Waals surface area contributed by atoms with E-state index in [1.807, 2.05) is 18.2 Å². The van der Waals surface area contributed by atoms with Gasteiger partial charge in [0, 0.05) is 18.8 Å². The maximum Gasteiger partial charge on any atom is 0.143 e. The first-order valence-electron chi connectivity index (χ1n) is 4.60. The van der Waals surface area contributed by atoms with Gasteiger partial charge >= 0.3 is 0 Å². The molecule has 0 N–H and O–H groups in total. The summed E-state index contributed by atoms with van der Waals surface area (Å²) in [7, 11) is 0. The van der Waals surface area contributed by atoms with Crippen molar-refractivity contribution in [2.45, 2.75) is 12.8 Å². The van der Waals surface area contributed by atoms with Crippen LogP contribution in [0.3, 0.4) is 0 Å². The van der Waals surface area contributed by atoms with Crippen LogP contribution in [0.25, 0.3) is 6.08 Å². The van der Waals surface area contributed by atoms with Gasteiger partial charge in [0.15, 0.2) is 0 Å². The highest BCUT2D eigenvalue weighted by Gasteiger charge is 2.13. The number of ketones is 1. The van der Waals surface area contributed by atoms with E-state index >= 15 is 0 Å². The number of hydrogen-bond acceptors (Lipinski definition) is 3. The minimum Gasteiger partial charge on any atom is -0.497 e. The number of hydrogen-bond donors (Lipinski definition) is 0. The van der Waals surface area contributed by atoms with Gasteiger partial charge in [-0.1, -0.05) is 0 Å². The van der Waals surface area contributed by atoms with Crippen molar-refractivity contribution < 1.29 is 9.53 Å². The topological polar surface area (TPSA) is 39.2 Å². The summed E-state index contributed by atoms with van der Waals surface area (Å²) in [6, 6.07) is 3.77. The second-order valence-corrected chi connectivity index (χ2v) is 3.21. The molecule has 1 aromatic heterocycles. The van der Waals surface area contributed by atoms with Crippen LogP contribution in [0.5, 0.6) is 0 Å². The Labute approximate surface area is 82.4 Å². The lowest BCUT2D eigenvalue weighted by Gasteiger charge is -2.14. The smallest absolute Gasteiger partial charge is 0.143 e. The molecule has 72 valence electrons. The van der Waals surface area contributed by atoms with Crippen molar-refractivity contribution in [3.05, 3.63) is 35.8 Å². The number of nitrogens with zero attached hydrogens (tertiary/aromatic N) is 1. The van der Waals surface area contributed by atoms with Gasteiger partial charge in [0.1, 0.15) is 11.5 Å². The van der Waals surface area contributed by atoms with Crippen molar-refractivity contribution in [3.63, 3.8) is 0 Å². The molecule has 1 saturated heterocycles. The molecule has 0 amide bonds. The molecular formula is C11H11NO2. The summed E-state index contributed by atoms with van der Waals surface area (Å²) in [5, 5.41) is 0. The number of aromatic nitrogens is 1. The Bertz CT molecular complexity index is 357. The van der Waals surface area contributed by atoms with E-state index in [1.54, 1.807) is 12.4 Å². The largest absolute Gasteiger partial charge is 0.497 e. The number of carbonyl (C=O) groups excluding carboxylic acids is 1. The predicted molar refractivity (Wildman–Crippen MR) is 52.4 cm³/mol. The number of Topliss-reactive ketones (excluding diaryl/α,β-unsaturated/α-hetero) is 1. The number of allylic oxidation sites excluding steroid dienone is 1. The van der Waals surface area contributed by atoms with Crippen molar-refractivity contribution in [3.8, 4) is 0 Å². The van der Waals surface area contributed by atoms with Crippen molar-refractivity contribution in [1.82, 2.24) is 4.98 Å². The minimum atomic E-state index is 0.247. The normalized spacial score (nSPS) is 19.4. The average molecular weight is 189 g/mol. The molecule has 3 nitrogen and oxygen atoms in total. The molecule has 1 aliphatic heterocycles. The molecule has 1 aliphatic rings. The molecule has 0 aliphatic carbocycles. The lowest BCUT2D eigenvalue weighted by atomic mass is 10.1. The fourth-order valence-corrected chi connectivity index (χ4v) is 1.37. The molecule has 0 aromatic carbocycles. The van der Waals surface area contributed by atoms with Crippen LogP contribution in [0.15, 0.2) is 30.3 Å². The molecule has 0 radical (unpaired) electrons. The fraction of sp³-hybridized carbons (Fsp3) is 0.273. The number of ether oxygens (including phenoxy) is 1. The molecular weight excluding hydrogens is 178 g/mol. The zero-order valence-electron chi connectivity index (χ0n) is 7.77. The molecule has 14 heavy (non-hydrogen) atoms. The standard InChI is InChI=1S/C11H11NO2/c13-10-3-6-14-11(8-10)7-9-1-4-12-5-2-9/h1-2,4-5,7H,3,6,8H2. The maximum absolute atomic E-state index is 11.1. The van der Waals surface area contributed by atoms with E-state index in [9.17, 15) is 4.79 Å². The van der Waals surface area contributed by atoms with Gasteiger partial charge in [-0.25, -0.2) is 0 Å². The molecule has 2 rings (SSSR count). The molecule has 0 unspecified atom stereocenters. The van der Waals surface area contributed by atoms with Crippen LogP contribution < -0.4 is 0 Å². The Morgan fingerprint density at radius 2 is 2.14 bits per heavy atom. The van der Waals surface area contributed by atoms with Crippen molar-refractivity contribution in [2.75, 3.05) is 6.61 Å². The van der Waals surface area contributed by atoms with Gasteiger partial charge in [-0.05, 0) is 23.8 Å². The van der Waals surface area contributed by atoms with E-state index in [0.717, 1.165) is 11.3 Å². The van der Waals surface area contributed by atoms with Crippen LogP contribution in [-0.4, -0.2) is 17.4 Å². The number of rotatable bonds is 1. The highest BCUT2D eigenvalue weighted by atomic mass is 16.5. The minimum absolute atomic E-state index is 0.247.